The summed E-state index contributed by atoms with van der Waals surface area (Å²) in [5.41, 5.74) is -1.17. The van der Waals surface area contributed by atoms with Gasteiger partial charge in [-0.2, -0.15) is 10.5 Å². The summed E-state index contributed by atoms with van der Waals surface area (Å²) in [6.45, 7) is 5.37. The molecule has 2 heterocycles. The summed E-state index contributed by atoms with van der Waals surface area (Å²) >= 11 is 0. The van der Waals surface area contributed by atoms with Crippen LogP contribution in [0.4, 0.5) is 11.4 Å². The van der Waals surface area contributed by atoms with Crippen LogP contribution in [-0.4, -0.2) is 36.9 Å². The Morgan fingerprint density at radius 2 is 1.68 bits per heavy atom. The monoisotopic (exact) mass is 339 g/mol. The molecule has 2 bridgehead atoms. The first-order chi connectivity index (χ1) is 11.7. The second-order valence-electron chi connectivity index (χ2n) is 7.28. The second-order valence-corrected chi connectivity index (χ2v) is 7.28. The number of piperidine rings is 2. The molecule has 1 N–H and O–H groups in total. The Bertz CT molecular complexity index is 846. The van der Waals surface area contributed by atoms with Crippen LogP contribution in [0.15, 0.2) is 12.1 Å². The molecular weight excluding hydrogens is 322 g/mol. The summed E-state index contributed by atoms with van der Waals surface area (Å²) in [5.74, 6) is 0.159. The van der Waals surface area contributed by atoms with Crippen LogP contribution in [-0.2, 0) is 4.79 Å². The first kappa shape index (κ1) is 16.9. The number of rotatable bonds is 2. The number of hydrogen-bond donors (Lipinski definition) is 1. The van der Waals surface area contributed by atoms with Gasteiger partial charge in [-0.05, 0) is 19.9 Å². The first-order valence-electron chi connectivity index (χ1n) is 7.87. The van der Waals surface area contributed by atoms with Crippen molar-refractivity contribution in [2.24, 2.45) is 10.8 Å². The Kier molecular flexibility index (Phi) is 3.74. The molecule has 1 aromatic carbocycles. The lowest BCUT2D eigenvalue weighted by Gasteiger charge is -2.52. The van der Waals surface area contributed by atoms with Crippen molar-refractivity contribution in [3.05, 3.63) is 33.4 Å². The summed E-state index contributed by atoms with van der Waals surface area (Å²) < 4.78 is 0. The Balaban J connectivity index is 2.14. The molecular formula is C17H17N5O3. The number of nitrogens with zero attached hydrogens (tertiary/aromatic N) is 4. The van der Waals surface area contributed by atoms with Gasteiger partial charge in [0.05, 0.1) is 26.9 Å². The van der Waals surface area contributed by atoms with Gasteiger partial charge < -0.3 is 10.2 Å². The summed E-state index contributed by atoms with van der Waals surface area (Å²) in [6.07, 6.45) is 0. The van der Waals surface area contributed by atoms with E-state index in [-0.39, 0.29) is 28.3 Å². The van der Waals surface area contributed by atoms with E-state index in [1.807, 2.05) is 30.9 Å². The Morgan fingerprint density at radius 1 is 1.16 bits per heavy atom. The van der Waals surface area contributed by atoms with Crippen LogP contribution in [0.5, 0.6) is 0 Å². The molecule has 0 radical (unpaired) electrons. The molecule has 8 nitrogen and oxygen atoms in total. The first-order valence-corrected chi connectivity index (χ1v) is 7.87. The van der Waals surface area contributed by atoms with Crippen LogP contribution in [0.3, 0.4) is 0 Å². The van der Waals surface area contributed by atoms with Crippen molar-refractivity contribution in [1.29, 1.82) is 10.5 Å². The van der Waals surface area contributed by atoms with Gasteiger partial charge in [0, 0.05) is 32.2 Å². The van der Waals surface area contributed by atoms with E-state index in [0.29, 0.717) is 26.2 Å². The van der Waals surface area contributed by atoms with Gasteiger partial charge >= 0.3 is 0 Å². The molecule has 0 saturated carbocycles. The Labute approximate surface area is 144 Å². The number of nitro groups is 1. The minimum absolute atomic E-state index is 0.0229. The maximum Gasteiger partial charge on any atom is 0.293 e. The number of nitro benzene ring substituents is 1. The van der Waals surface area contributed by atoms with E-state index in [4.69, 9.17) is 5.26 Å². The molecule has 0 aromatic heterocycles. The fourth-order valence-corrected chi connectivity index (χ4v) is 3.99. The molecule has 0 amide bonds. The van der Waals surface area contributed by atoms with Crippen molar-refractivity contribution < 1.29 is 9.72 Å². The average Bonchev–Trinajstić information content (AvgIpc) is 2.56. The van der Waals surface area contributed by atoms with Crippen LogP contribution in [0.2, 0.25) is 0 Å². The predicted molar refractivity (Wildman–Crippen MR) is 88.8 cm³/mol. The molecule has 2 saturated heterocycles. The Morgan fingerprint density at radius 3 is 2.16 bits per heavy atom. The molecule has 3 rings (SSSR count). The number of carbonyl (C=O) groups excluding carboxylic acids is 1. The van der Waals surface area contributed by atoms with Gasteiger partial charge in [-0.3, -0.25) is 14.9 Å². The minimum Gasteiger partial charge on any atom is -0.364 e. The number of Topliss-reactive ketones (excluding diaryl/α,β-unsaturated/α-hetero) is 1. The maximum atomic E-state index is 12.8. The minimum atomic E-state index is -0.653. The van der Waals surface area contributed by atoms with Crippen LogP contribution < -0.4 is 10.2 Å². The average molecular weight is 339 g/mol. The predicted octanol–water partition coefficient (Wildman–Crippen LogP) is 1.34. The third kappa shape index (κ3) is 2.51. The van der Waals surface area contributed by atoms with E-state index in [2.05, 4.69) is 5.32 Å². The fourth-order valence-electron chi connectivity index (χ4n) is 3.99. The van der Waals surface area contributed by atoms with E-state index in [1.54, 1.807) is 0 Å². The maximum absolute atomic E-state index is 12.8. The summed E-state index contributed by atoms with van der Waals surface area (Å²) in [6, 6.07) is 6.28. The van der Waals surface area contributed by atoms with Crippen molar-refractivity contribution in [2.45, 2.75) is 13.8 Å². The van der Waals surface area contributed by atoms with Crippen LogP contribution in [0.25, 0.3) is 0 Å². The van der Waals surface area contributed by atoms with Crippen LogP contribution in [0, 0.1) is 43.6 Å². The van der Waals surface area contributed by atoms with Crippen molar-refractivity contribution in [2.75, 3.05) is 31.1 Å². The number of benzene rings is 1. The molecule has 0 spiro atoms. The van der Waals surface area contributed by atoms with E-state index >= 15 is 0 Å². The standard InChI is InChI=1S/C17H17N5O3/c1-16-7-20-8-17(2,15(16)23)10-21(9-16)13-3-11(5-18)12(6-19)4-14(13)22(24)25/h3-4,20H,7-10H2,1-2H3. The van der Waals surface area contributed by atoms with Gasteiger partial charge in [0.25, 0.3) is 5.69 Å². The number of anilines is 1. The highest BCUT2D eigenvalue weighted by molar-refractivity contribution is 5.94. The lowest BCUT2D eigenvalue weighted by molar-refractivity contribution is -0.384. The zero-order valence-corrected chi connectivity index (χ0v) is 14.0. The smallest absolute Gasteiger partial charge is 0.293 e. The highest BCUT2D eigenvalue weighted by Gasteiger charge is 2.54. The number of nitriles is 2. The number of carbonyl (C=O) groups is 1. The normalized spacial score (nSPS) is 28.2. The van der Waals surface area contributed by atoms with Gasteiger partial charge in [0.15, 0.2) is 5.78 Å². The zero-order chi connectivity index (χ0) is 18.4. The van der Waals surface area contributed by atoms with Crippen molar-refractivity contribution in [3.8, 4) is 12.1 Å². The second kappa shape index (κ2) is 5.54. The Hall–Kier alpha value is -2.97. The molecule has 2 aliphatic heterocycles. The molecule has 2 atom stereocenters. The summed E-state index contributed by atoms with van der Waals surface area (Å²) in [4.78, 5) is 25.5. The van der Waals surface area contributed by atoms with E-state index < -0.39 is 15.8 Å². The molecule has 1 aromatic rings. The third-order valence-corrected chi connectivity index (χ3v) is 5.10. The molecule has 2 aliphatic rings. The van der Waals surface area contributed by atoms with E-state index in [1.165, 1.54) is 6.07 Å². The van der Waals surface area contributed by atoms with Gasteiger partial charge in [0.1, 0.15) is 17.8 Å². The summed E-state index contributed by atoms with van der Waals surface area (Å²) in [7, 11) is 0. The lowest BCUT2D eigenvalue weighted by Crippen LogP contribution is -2.67. The van der Waals surface area contributed by atoms with E-state index in [9.17, 15) is 20.2 Å². The molecule has 8 heteroatoms. The van der Waals surface area contributed by atoms with Crippen LogP contribution in [0.1, 0.15) is 25.0 Å². The highest BCUT2D eigenvalue weighted by Crippen LogP contribution is 2.43. The van der Waals surface area contributed by atoms with Crippen molar-refractivity contribution in [1.82, 2.24) is 5.32 Å². The SMILES string of the molecule is CC12CNCC(C)(CN(c3cc(C#N)c(C#N)cc3[N+](=O)[O-])C1)C2=O. The quantitative estimate of drug-likeness (QED) is 0.637. The number of hydrogen-bond acceptors (Lipinski definition) is 7. The van der Waals surface area contributed by atoms with Gasteiger partial charge in [0.2, 0.25) is 0 Å². The fraction of sp³-hybridized carbons (Fsp3) is 0.471. The van der Waals surface area contributed by atoms with E-state index in [0.717, 1.165) is 6.07 Å². The highest BCUT2D eigenvalue weighted by atomic mass is 16.6. The topological polar surface area (TPSA) is 123 Å². The number of ketones is 1. The molecule has 128 valence electrons. The van der Waals surface area contributed by atoms with Gasteiger partial charge in [-0.1, -0.05) is 0 Å². The van der Waals surface area contributed by atoms with Crippen molar-refractivity contribution >= 4 is 17.2 Å². The molecule has 25 heavy (non-hydrogen) atoms. The molecule has 0 aliphatic carbocycles. The van der Waals surface area contributed by atoms with Crippen molar-refractivity contribution in [3.63, 3.8) is 0 Å². The van der Waals surface area contributed by atoms with Gasteiger partial charge in [-0.25, -0.2) is 0 Å². The van der Waals surface area contributed by atoms with Crippen LogP contribution >= 0.6 is 0 Å². The third-order valence-electron chi connectivity index (χ3n) is 5.10. The zero-order valence-electron chi connectivity index (χ0n) is 14.0. The number of nitrogens with one attached hydrogen (secondary N) is 1. The largest absolute Gasteiger partial charge is 0.364 e. The number of fused-ring (bicyclic) bond motifs is 2. The lowest BCUT2D eigenvalue weighted by atomic mass is 9.65. The summed E-state index contributed by atoms with van der Waals surface area (Å²) in [5, 5.41) is 33.1. The van der Waals surface area contributed by atoms with Gasteiger partial charge in [-0.15, -0.1) is 0 Å². The molecule has 2 fully saturated rings. The molecule has 2 unspecified atom stereocenters.